The monoisotopic (exact) mass is 351 g/mol. The molecule has 0 spiro atoms. The Labute approximate surface area is 151 Å². The van der Waals surface area contributed by atoms with E-state index in [0.717, 1.165) is 32.6 Å². The van der Waals surface area contributed by atoms with E-state index in [0.29, 0.717) is 26.2 Å². The van der Waals surface area contributed by atoms with E-state index >= 15 is 0 Å². The molecular formula is C18H33N5O2. The summed E-state index contributed by atoms with van der Waals surface area (Å²) in [5, 5.41) is 11.9. The molecule has 0 aromatic rings. The number of hydrogen-bond donors (Lipinski definition) is 1. The van der Waals surface area contributed by atoms with Crippen LogP contribution in [0.3, 0.4) is 0 Å². The number of hydrogen-bond acceptors (Lipinski definition) is 5. The highest BCUT2D eigenvalue weighted by molar-refractivity contribution is 5.79. The fourth-order valence-corrected chi connectivity index (χ4v) is 2.80. The molecule has 0 radical (unpaired) electrons. The van der Waals surface area contributed by atoms with E-state index < -0.39 is 0 Å². The summed E-state index contributed by atoms with van der Waals surface area (Å²) in [5.74, 6) is -0.00105. The highest BCUT2D eigenvalue weighted by Crippen LogP contribution is 2.05. The van der Waals surface area contributed by atoms with Crippen LogP contribution in [0.25, 0.3) is 0 Å². The molecule has 2 unspecified atom stereocenters. The van der Waals surface area contributed by atoms with Crippen molar-refractivity contribution in [3.63, 3.8) is 0 Å². The molecule has 1 aliphatic rings. The zero-order valence-electron chi connectivity index (χ0n) is 16.1. The number of likely N-dealkylation sites (N-methyl/N-ethyl adjacent to an activating group) is 1. The van der Waals surface area contributed by atoms with Crippen LogP contribution in [0, 0.1) is 17.2 Å². The maximum atomic E-state index is 12.4. The fourth-order valence-electron chi connectivity index (χ4n) is 2.80. The molecule has 142 valence electrons. The van der Waals surface area contributed by atoms with Gasteiger partial charge in [0, 0.05) is 45.3 Å². The van der Waals surface area contributed by atoms with Crippen molar-refractivity contribution in [2.75, 3.05) is 52.4 Å². The number of carbonyl (C=O) groups is 2. The number of rotatable bonds is 9. The molecule has 1 N–H and O–H groups in total. The lowest BCUT2D eigenvalue weighted by Gasteiger charge is -2.35. The van der Waals surface area contributed by atoms with E-state index in [1.807, 2.05) is 20.8 Å². The molecule has 0 aliphatic carbocycles. The maximum absolute atomic E-state index is 12.4. The van der Waals surface area contributed by atoms with Crippen LogP contribution in [0.4, 0.5) is 0 Å². The summed E-state index contributed by atoms with van der Waals surface area (Å²) in [7, 11) is 0. The Bertz CT molecular complexity index is 469. The Hall–Kier alpha value is -1.65. The second kappa shape index (κ2) is 11.1. The molecule has 1 heterocycles. The Morgan fingerprint density at radius 1 is 1.12 bits per heavy atom. The number of amides is 2. The molecule has 25 heavy (non-hydrogen) atoms. The van der Waals surface area contributed by atoms with Crippen molar-refractivity contribution in [3.8, 4) is 6.07 Å². The number of carbonyl (C=O) groups excluding carboxylic acids is 2. The quantitative estimate of drug-likeness (QED) is 0.655. The van der Waals surface area contributed by atoms with Gasteiger partial charge in [0.15, 0.2) is 0 Å². The smallest absolute Gasteiger partial charge is 0.236 e. The second-order valence-corrected chi connectivity index (χ2v) is 6.89. The van der Waals surface area contributed by atoms with Crippen LogP contribution in [-0.4, -0.2) is 84.9 Å². The standard InChI is InChI=1S/C18H33N5O2/c1-5-16(4)20-17(24)13-21-7-9-22(10-8-21)14-18(25)23(6-2)12-15(3)11-19/h15-16H,5-10,12-14H2,1-4H3,(H,20,24). The van der Waals surface area contributed by atoms with Crippen LogP contribution in [0.15, 0.2) is 0 Å². The van der Waals surface area contributed by atoms with E-state index in [9.17, 15) is 9.59 Å². The average Bonchev–Trinajstić information content (AvgIpc) is 2.60. The first-order chi connectivity index (χ1) is 11.9. The first kappa shape index (κ1) is 21.4. The van der Waals surface area contributed by atoms with Crippen LogP contribution in [-0.2, 0) is 9.59 Å². The normalized spacial score (nSPS) is 18.2. The molecule has 1 saturated heterocycles. The molecular weight excluding hydrogens is 318 g/mol. The van der Waals surface area contributed by atoms with Crippen molar-refractivity contribution in [2.45, 2.75) is 40.2 Å². The van der Waals surface area contributed by atoms with Gasteiger partial charge in [0.05, 0.1) is 25.1 Å². The van der Waals surface area contributed by atoms with Gasteiger partial charge in [0.2, 0.25) is 11.8 Å². The van der Waals surface area contributed by atoms with Crippen LogP contribution in [0.2, 0.25) is 0 Å². The van der Waals surface area contributed by atoms with Crippen molar-refractivity contribution in [1.82, 2.24) is 20.0 Å². The minimum atomic E-state index is -0.148. The first-order valence-corrected chi connectivity index (χ1v) is 9.31. The molecule has 0 aromatic carbocycles. The number of piperazine rings is 1. The molecule has 7 heteroatoms. The second-order valence-electron chi connectivity index (χ2n) is 6.89. The van der Waals surface area contributed by atoms with E-state index in [1.54, 1.807) is 4.90 Å². The SMILES string of the molecule is CCC(C)NC(=O)CN1CCN(CC(=O)N(CC)CC(C)C#N)CC1. The lowest BCUT2D eigenvalue weighted by Crippen LogP contribution is -2.52. The van der Waals surface area contributed by atoms with Gasteiger partial charge in [-0.25, -0.2) is 0 Å². The summed E-state index contributed by atoms with van der Waals surface area (Å²) in [5.41, 5.74) is 0. The maximum Gasteiger partial charge on any atom is 0.236 e. The van der Waals surface area contributed by atoms with Crippen LogP contribution >= 0.6 is 0 Å². The van der Waals surface area contributed by atoms with Gasteiger partial charge in [0.25, 0.3) is 0 Å². The highest BCUT2D eigenvalue weighted by atomic mass is 16.2. The Balaban J connectivity index is 2.35. The summed E-state index contributed by atoms with van der Waals surface area (Å²) in [6, 6.07) is 2.39. The Kier molecular flexibility index (Phi) is 9.46. The predicted octanol–water partition coefficient (Wildman–Crippen LogP) is 0.527. The third-order valence-electron chi connectivity index (χ3n) is 4.66. The van der Waals surface area contributed by atoms with Gasteiger partial charge in [-0.15, -0.1) is 0 Å². The molecule has 0 aromatic heterocycles. The molecule has 1 rings (SSSR count). The fraction of sp³-hybridized carbons (Fsp3) is 0.833. The van der Waals surface area contributed by atoms with Gasteiger partial charge in [-0.2, -0.15) is 5.26 Å². The van der Waals surface area contributed by atoms with Crippen LogP contribution in [0.5, 0.6) is 0 Å². The Morgan fingerprint density at radius 3 is 2.16 bits per heavy atom. The lowest BCUT2D eigenvalue weighted by atomic mass is 10.2. The molecule has 0 bridgehead atoms. The molecule has 2 atom stereocenters. The van der Waals surface area contributed by atoms with Crippen molar-refractivity contribution in [1.29, 1.82) is 5.26 Å². The molecule has 0 saturated carbocycles. The van der Waals surface area contributed by atoms with Crippen molar-refractivity contribution >= 4 is 11.8 Å². The van der Waals surface area contributed by atoms with Gasteiger partial charge in [-0.3, -0.25) is 19.4 Å². The summed E-state index contributed by atoms with van der Waals surface area (Å²) in [4.78, 5) is 30.4. The van der Waals surface area contributed by atoms with E-state index in [4.69, 9.17) is 5.26 Å². The van der Waals surface area contributed by atoms with E-state index in [2.05, 4.69) is 28.1 Å². The number of nitrogens with one attached hydrogen (secondary N) is 1. The van der Waals surface area contributed by atoms with Gasteiger partial charge >= 0.3 is 0 Å². The predicted molar refractivity (Wildman–Crippen MR) is 97.8 cm³/mol. The van der Waals surface area contributed by atoms with E-state index in [-0.39, 0.29) is 23.8 Å². The third kappa shape index (κ3) is 7.84. The Morgan fingerprint density at radius 2 is 1.68 bits per heavy atom. The highest BCUT2D eigenvalue weighted by Gasteiger charge is 2.23. The van der Waals surface area contributed by atoms with Gasteiger partial charge in [-0.05, 0) is 27.2 Å². The van der Waals surface area contributed by atoms with Crippen molar-refractivity contribution in [2.24, 2.45) is 5.92 Å². The zero-order chi connectivity index (χ0) is 18.8. The zero-order valence-corrected chi connectivity index (χ0v) is 16.1. The lowest BCUT2D eigenvalue weighted by molar-refractivity contribution is -0.133. The van der Waals surface area contributed by atoms with Gasteiger partial charge in [0.1, 0.15) is 0 Å². The topological polar surface area (TPSA) is 79.7 Å². The summed E-state index contributed by atoms with van der Waals surface area (Å²) in [6.07, 6.45) is 0.931. The number of nitriles is 1. The van der Waals surface area contributed by atoms with Crippen molar-refractivity contribution < 1.29 is 9.59 Å². The minimum Gasteiger partial charge on any atom is -0.353 e. The first-order valence-electron chi connectivity index (χ1n) is 9.31. The molecule has 2 amide bonds. The molecule has 1 aliphatic heterocycles. The molecule has 7 nitrogen and oxygen atoms in total. The summed E-state index contributed by atoms with van der Waals surface area (Å²) in [6.45, 7) is 12.9. The molecule has 1 fully saturated rings. The van der Waals surface area contributed by atoms with Gasteiger partial charge < -0.3 is 10.2 Å². The summed E-state index contributed by atoms with van der Waals surface area (Å²) < 4.78 is 0. The van der Waals surface area contributed by atoms with Crippen LogP contribution in [0.1, 0.15) is 34.1 Å². The van der Waals surface area contributed by atoms with Crippen LogP contribution < -0.4 is 5.32 Å². The number of nitrogens with zero attached hydrogens (tertiary/aromatic N) is 4. The minimum absolute atomic E-state index is 0.0709. The third-order valence-corrected chi connectivity index (χ3v) is 4.66. The average molecular weight is 351 g/mol. The largest absolute Gasteiger partial charge is 0.353 e. The summed E-state index contributed by atoms with van der Waals surface area (Å²) >= 11 is 0. The van der Waals surface area contributed by atoms with E-state index in [1.165, 1.54) is 0 Å². The van der Waals surface area contributed by atoms with Crippen molar-refractivity contribution in [3.05, 3.63) is 0 Å². The van der Waals surface area contributed by atoms with Gasteiger partial charge in [-0.1, -0.05) is 6.92 Å².